The van der Waals surface area contributed by atoms with Crippen LogP contribution in [-0.2, 0) is 14.3 Å². The van der Waals surface area contributed by atoms with Crippen LogP contribution in [0.4, 0.5) is 0 Å². The second kappa shape index (κ2) is 6.17. The van der Waals surface area contributed by atoms with Crippen molar-refractivity contribution < 1.29 is 14.3 Å². The topological polar surface area (TPSA) is 43.4 Å². The third-order valence-corrected chi connectivity index (χ3v) is 3.62. The monoisotopic (exact) mass is 252 g/mol. The Morgan fingerprint density at radius 2 is 1.78 bits per heavy atom. The summed E-state index contributed by atoms with van der Waals surface area (Å²) >= 11 is 0. The van der Waals surface area contributed by atoms with E-state index in [0.717, 1.165) is 24.8 Å². The first-order valence-electron chi connectivity index (χ1n) is 6.88. The molecule has 0 unspecified atom stereocenters. The maximum atomic E-state index is 12.0. The molecule has 0 aromatic carbocycles. The van der Waals surface area contributed by atoms with E-state index in [-0.39, 0.29) is 11.4 Å². The van der Waals surface area contributed by atoms with Crippen molar-refractivity contribution in [2.24, 2.45) is 0 Å². The van der Waals surface area contributed by atoms with Crippen LogP contribution >= 0.6 is 0 Å². The van der Waals surface area contributed by atoms with Gasteiger partial charge in [0.25, 0.3) is 0 Å². The zero-order chi connectivity index (χ0) is 13.8. The van der Waals surface area contributed by atoms with Crippen LogP contribution in [-0.4, -0.2) is 17.4 Å². The van der Waals surface area contributed by atoms with Gasteiger partial charge < -0.3 is 4.74 Å². The molecule has 0 saturated heterocycles. The second-order valence-corrected chi connectivity index (χ2v) is 5.49. The number of carbonyl (C=O) groups is 2. The smallest absolute Gasteiger partial charge is 0.342 e. The fourth-order valence-electron chi connectivity index (χ4n) is 2.15. The summed E-state index contributed by atoms with van der Waals surface area (Å²) < 4.78 is 5.21. The lowest BCUT2D eigenvalue weighted by Gasteiger charge is -2.17. The molecule has 0 fully saturated rings. The minimum Gasteiger partial charge on any atom is -0.451 e. The van der Waals surface area contributed by atoms with Crippen LogP contribution in [0.5, 0.6) is 0 Å². The summed E-state index contributed by atoms with van der Waals surface area (Å²) in [6, 6.07) is 0. The molecule has 0 aromatic heterocycles. The van der Waals surface area contributed by atoms with Crippen LogP contribution in [0, 0.1) is 0 Å². The molecule has 0 saturated carbocycles. The van der Waals surface area contributed by atoms with E-state index in [0.29, 0.717) is 6.42 Å². The zero-order valence-corrected chi connectivity index (χ0v) is 12.0. The van der Waals surface area contributed by atoms with E-state index in [1.54, 1.807) is 0 Å². The molecule has 0 radical (unpaired) electrons. The van der Waals surface area contributed by atoms with Crippen LogP contribution in [0.3, 0.4) is 0 Å². The lowest BCUT2D eigenvalue weighted by atomic mass is 9.94. The normalized spacial score (nSPS) is 18.1. The first kappa shape index (κ1) is 14.9. The van der Waals surface area contributed by atoms with E-state index >= 15 is 0 Å². The van der Waals surface area contributed by atoms with Gasteiger partial charge in [-0.25, -0.2) is 4.79 Å². The highest BCUT2D eigenvalue weighted by Crippen LogP contribution is 2.32. The number of unbranched alkanes of at least 4 members (excludes halogenated alkanes) is 4. The molecule has 1 aliphatic rings. The number of ketones is 1. The SMILES string of the molecule is CCCCCCCC(=O)C1=C(C)C(C)(C)OC1=O. The van der Waals surface area contributed by atoms with Crippen LogP contribution in [0.15, 0.2) is 11.1 Å². The molecule has 1 rings (SSSR count). The zero-order valence-electron chi connectivity index (χ0n) is 12.0. The molecule has 3 heteroatoms. The Morgan fingerprint density at radius 3 is 2.28 bits per heavy atom. The number of hydrogen-bond acceptors (Lipinski definition) is 3. The first-order valence-corrected chi connectivity index (χ1v) is 6.88. The standard InChI is InChI=1S/C15H24O3/c1-5-6-7-8-9-10-12(16)13-11(2)15(3,4)18-14(13)17/h5-10H2,1-4H3. The summed E-state index contributed by atoms with van der Waals surface area (Å²) in [5.41, 5.74) is 0.436. The van der Waals surface area contributed by atoms with E-state index in [9.17, 15) is 9.59 Å². The molecule has 0 amide bonds. The van der Waals surface area contributed by atoms with Crippen molar-refractivity contribution in [2.45, 2.75) is 71.8 Å². The van der Waals surface area contributed by atoms with Gasteiger partial charge in [-0.05, 0) is 32.8 Å². The minimum atomic E-state index is -0.621. The third kappa shape index (κ3) is 3.44. The summed E-state index contributed by atoms with van der Waals surface area (Å²) in [7, 11) is 0. The second-order valence-electron chi connectivity index (χ2n) is 5.49. The molecule has 0 N–H and O–H groups in total. The number of cyclic esters (lactones) is 1. The molecule has 1 aliphatic heterocycles. The Kier molecular flexibility index (Phi) is 5.12. The number of esters is 1. The van der Waals surface area contributed by atoms with Gasteiger partial charge in [-0.1, -0.05) is 32.6 Å². The molecule has 18 heavy (non-hydrogen) atoms. The lowest BCUT2D eigenvalue weighted by Crippen LogP contribution is -2.21. The molecule has 102 valence electrons. The number of ether oxygens (including phenoxy) is 1. The largest absolute Gasteiger partial charge is 0.451 e. The van der Waals surface area contributed by atoms with E-state index < -0.39 is 11.6 Å². The molecule has 0 aliphatic carbocycles. The number of Topliss-reactive ketones (excluding diaryl/α,β-unsaturated/α-hetero) is 1. The predicted molar refractivity (Wildman–Crippen MR) is 71.3 cm³/mol. The number of rotatable bonds is 7. The quantitative estimate of drug-likeness (QED) is 0.395. The molecule has 0 aromatic rings. The summed E-state index contributed by atoms with van der Waals surface area (Å²) in [6.07, 6.45) is 5.96. The van der Waals surface area contributed by atoms with Gasteiger partial charge in [-0.15, -0.1) is 0 Å². The van der Waals surface area contributed by atoms with Crippen molar-refractivity contribution in [1.29, 1.82) is 0 Å². The molecule has 0 bridgehead atoms. The van der Waals surface area contributed by atoms with E-state index in [1.165, 1.54) is 12.8 Å². The molecular weight excluding hydrogens is 228 g/mol. The van der Waals surface area contributed by atoms with Gasteiger partial charge in [0.05, 0.1) is 0 Å². The van der Waals surface area contributed by atoms with Crippen LogP contribution < -0.4 is 0 Å². The summed E-state index contributed by atoms with van der Waals surface area (Å²) in [5.74, 6) is -0.504. The van der Waals surface area contributed by atoms with Crippen molar-refractivity contribution in [1.82, 2.24) is 0 Å². The summed E-state index contributed by atoms with van der Waals surface area (Å²) in [4.78, 5) is 23.7. The summed E-state index contributed by atoms with van der Waals surface area (Å²) in [6.45, 7) is 7.62. The Hall–Kier alpha value is -1.12. The van der Waals surface area contributed by atoms with Crippen molar-refractivity contribution in [3.05, 3.63) is 11.1 Å². The van der Waals surface area contributed by atoms with Crippen molar-refractivity contribution in [3.63, 3.8) is 0 Å². The van der Waals surface area contributed by atoms with Gasteiger partial charge in [-0.3, -0.25) is 4.79 Å². The fraction of sp³-hybridized carbons (Fsp3) is 0.733. The summed E-state index contributed by atoms with van der Waals surface area (Å²) in [5, 5.41) is 0. The first-order chi connectivity index (χ1) is 8.40. The Balaban J connectivity index is 2.52. The molecule has 1 heterocycles. The predicted octanol–water partition coefficient (Wildman–Crippen LogP) is 3.57. The lowest BCUT2D eigenvalue weighted by molar-refractivity contribution is -0.145. The third-order valence-electron chi connectivity index (χ3n) is 3.62. The molecular formula is C15H24O3. The maximum Gasteiger partial charge on any atom is 0.342 e. The van der Waals surface area contributed by atoms with Gasteiger partial charge in [0.1, 0.15) is 11.2 Å². The average Bonchev–Trinajstić information content (AvgIpc) is 2.47. The fourth-order valence-corrected chi connectivity index (χ4v) is 2.15. The highest BCUT2D eigenvalue weighted by Gasteiger charge is 2.40. The van der Waals surface area contributed by atoms with Crippen molar-refractivity contribution in [3.8, 4) is 0 Å². The minimum absolute atomic E-state index is 0.0560. The van der Waals surface area contributed by atoms with Crippen LogP contribution in [0.25, 0.3) is 0 Å². The average molecular weight is 252 g/mol. The van der Waals surface area contributed by atoms with Gasteiger partial charge in [0.2, 0.25) is 0 Å². The van der Waals surface area contributed by atoms with Crippen molar-refractivity contribution in [2.75, 3.05) is 0 Å². The van der Waals surface area contributed by atoms with Crippen molar-refractivity contribution >= 4 is 11.8 Å². The maximum absolute atomic E-state index is 12.0. The molecule has 3 nitrogen and oxygen atoms in total. The number of carbonyl (C=O) groups excluding carboxylic acids is 2. The number of hydrogen-bond donors (Lipinski definition) is 0. The Morgan fingerprint density at radius 1 is 1.17 bits per heavy atom. The van der Waals surface area contributed by atoms with Crippen LogP contribution in [0.2, 0.25) is 0 Å². The highest BCUT2D eigenvalue weighted by molar-refractivity contribution is 6.19. The highest BCUT2D eigenvalue weighted by atomic mass is 16.6. The Bertz CT molecular complexity index is 364. The van der Waals surface area contributed by atoms with Gasteiger partial charge in [0, 0.05) is 6.42 Å². The van der Waals surface area contributed by atoms with E-state index in [4.69, 9.17) is 4.74 Å². The van der Waals surface area contributed by atoms with Gasteiger partial charge in [-0.2, -0.15) is 0 Å². The van der Waals surface area contributed by atoms with Gasteiger partial charge in [0.15, 0.2) is 5.78 Å². The van der Waals surface area contributed by atoms with E-state index in [1.807, 2.05) is 20.8 Å². The van der Waals surface area contributed by atoms with Gasteiger partial charge >= 0.3 is 5.97 Å². The molecule has 0 atom stereocenters. The Labute approximate surface area is 110 Å². The molecule has 0 spiro atoms. The van der Waals surface area contributed by atoms with Crippen LogP contribution in [0.1, 0.15) is 66.2 Å². The van der Waals surface area contributed by atoms with E-state index in [2.05, 4.69) is 6.92 Å².